The third-order valence-electron chi connectivity index (χ3n) is 4.69. The third-order valence-corrected chi connectivity index (χ3v) is 7.47. The Bertz CT molecular complexity index is 1110. The summed E-state index contributed by atoms with van der Waals surface area (Å²) in [6, 6.07) is 15.3. The standard InChI is InChI=1S/C22H24N2O4S2/c1-4-19(17-9-12-20(28-3)15(2)14-17)23-22(25)16-7-10-18(11-8-16)24-30(26,27)21-6-5-13-29-21/h5-14,19,24H,4H2,1-3H3,(H,23,25)/t19-/m1/s1. The van der Waals surface area contributed by atoms with Gasteiger partial charge in [0.2, 0.25) is 0 Å². The van der Waals surface area contributed by atoms with Crippen molar-refractivity contribution in [2.45, 2.75) is 30.5 Å². The average Bonchev–Trinajstić information content (AvgIpc) is 3.28. The average molecular weight is 445 g/mol. The van der Waals surface area contributed by atoms with E-state index in [0.29, 0.717) is 11.3 Å². The predicted molar refractivity (Wildman–Crippen MR) is 120 cm³/mol. The summed E-state index contributed by atoms with van der Waals surface area (Å²) >= 11 is 1.15. The van der Waals surface area contributed by atoms with E-state index < -0.39 is 10.0 Å². The van der Waals surface area contributed by atoms with E-state index >= 15 is 0 Å². The molecule has 0 fully saturated rings. The SMILES string of the molecule is CC[C@@H](NC(=O)c1ccc(NS(=O)(=O)c2cccs2)cc1)c1ccc(OC)c(C)c1. The molecular weight excluding hydrogens is 420 g/mol. The Morgan fingerprint density at radius 2 is 1.87 bits per heavy atom. The van der Waals surface area contributed by atoms with Crippen LogP contribution in [-0.2, 0) is 10.0 Å². The molecule has 158 valence electrons. The first-order chi connectivity index (χ1) is 14.3. The van der Waals surface area contributed by atoms with Gasteiger partial charge in [0.05, 0.1) is 13.2 Å². The summed E-state index contributed by atoms with van der Waals surface area (Å²) in [5.41, 5.74) is 2.87. The third kappa shape index (κ3) is 5.01. The first kappa shape index (κ1) is 21.9. The number of nitrogens with one attached hydrogen (secondary N) is 2. The van der Waals surface area contributed by atoms with Gasteiger partial charge in [0, 0.05) is 11.3 Å². The van der Waals surface area contributed by atoms with Crippen LogP contribution in [0.3, 0.4) is 0 Å². The molecule has 0 spiro atoms. The number of sulfonamides is 1. The van der Waals surface area contributed by atoms with Crippen molar-refractivity contribution in [2.75, 3.05) is 11.8 Å². The highest BCUT2D eigenvalue weighted by molar-refractivity contribution is 7.94. The van der Waals surface area contributed by atoms with Crippen LogP contribution in [0, 0.1) is 6.92 Å². The number of carbonyl (C=O) groups excluding carboxylic acids is 1. The number of carbonyl (C=O) groups is 1. The summed E-state index contributed by atoms with van der Waals surface area (Å²) in [5, 5.41) is 4.74. The molecule has 2 aromatic carbocycles. The molecule has 1 atom stereocenters. The van der Waals surface area contributed by atoms with Gasteiger partial charge >= 0.3 is 0 Å². The lowest BCUT2D eigenvalue weighted by Gasteiger charge is -2.19. The normalized spacial score (nSPS) is 12.2. The maximum absolute atomic E-state index is 12.7. The van der Waals surface area contributed by atoms with Crippen LogP contribution in [0.25, 0.3) is 0 Å². The van der Waals surface area contributed by atoms with Gasteiger partial charge in [0.25, 0.3) is 15.9 Å². The van der Waals surface area contributed by atoms with Crippen LogP contribution in [0.15, 0.2) is 64.2 Å². The van der Waals surface area contributed by atoms with E-state index in [1.54, 1.807) is 48.9 Å². The van der Waals surface area contributed by atoms with Crippen molar-refractivity contribution in [1.29, 1.82) is 0 Å². The van der Waals surface area contributed by atoms with Crippen LogP contribution >= 0.6 is 11.3 Å². The first-order valence-electron chi connectivity index (χ1n) is 9.46. The number of methoxy groups -OCH3 is 1. The van der Waals surface area contributed by atoms with Crippen molar-refractivity contribution in [1.82, 2.24) is 5.32 Å². The van der Waals surface area contributed by atoms with Crippen molar-refractivity contribution in [3.63, 3.8) is 0 Å². The molecule has 0 bridgehead atoms. The van der Waals surface area contributed by atoms with Crippen LogP contribution in [-0.4, -0.2) is 21.4 Å². The molecule has 0 radical (unpaired) electrons. The second kappa shape index (κ2) is 9.32. The minimum absolute atomic E-state index is 0.140. The largest absolute Gasteiger partial charge is 0.496 e. The quantitative estimate of drug-likeness (QED) is 0.525. The molecule has 1 amide bonds. The van der Waals surface area contributed by atoms with Gasteiger partial charge in [-0.1, -0.05) is 25.1 Å². The number of benzene rings is 2. The molecule has 2 N–H and O–H groups in total. The van der Waals surface area contributed by atoms with Gasteiger partial charge in [0.1, 0.15) is 9.96 Å². The fourth-order valence-electron chi connectivity index (χ4n) is 3.09. The van der Waals surface area contributed by atoms with Crippen LogP contribution in [0.1, 0.15) is 40.9 Å². The summed E-state index contributed by atoms with van der Waals surface area (Å²) < 4.78 is 32.7. The Hall–Kier alpha value is -2.84. The minimum atomic E-state index is -3.61. The molecule has 8 heteroatoms. The second-order valence-corrected chi connectivity index (χ2v) is 9.64. The number of amides is 1. The maximum Gasteiger partial charge on any atom is 0.271 e. The number of rotatable bonds is 8. The molecule has 0 saturated heterocycles. The summed E-state index contributed by atoms with van der Waals surface area (Å²) in [6.45, 7) is 3.97. The number of ether oxygens (including phenoxy) is 1. The number of anilines is 1. The minimum Gasteiger partial charge on any atom is -0.496 e. The summed E-state index contributed by atoms with van der Waals surface area (Å²) in [7, 11) is -1.98. The van der Waals surface area contributed by atoms with Crippen LogP contribution in [0.5, 0.6) is 5.75 Å². The van der Waals surface area contributed by atoms with Gasteiger partial charge < -0.3 is 10.1 Å². The van der Waals surface area contributed by atoms with E-state index in [9.17, 15) is 13.2 Å². The number of thiophene rings is 1. The molecular formula is C22H24N2O4S2. The molecule has 3 aromatic rings. The van der Waals surface area contributed by atoms with Gasteiger partial charge in [-0.3, -0.25) is 9.52 Å². The van der Waals surface area contributed by atoms with E-state index in [-0.39, 0.29) is 16.2 Å². The van der Waals surface area contributed by atoms with E-state index in [2.05, 4.69) is 10.0 Å². The Morgan fingerprint density at radius 1 is 1.13 bits per heavy atom. The second-order valence-electron chi connectivity index (χ2n) is 6.78. The number of aryl methyl sites for hydroxylation is 1. The van der Waals surface area contributed by atoms with Crippen LogP contribution in [0.2, 0.25) is 0 Å². The van der Waals surface area contributed by atoms with E-state index in [1.807, 2.05) is 32.0 Å². The zero-order valence-corrected chi connectivity index (χ0v) is 18.6. The molecule has 0 aliphatic heterocycles. The fourth-order valence-corrected chi connectivity index (χ4v) is 5.14. The lowest BCUT2D eigenvalue weighted by molar-refractivity contribution is 0.0935. The topological polar surface area (TPSA) is 84.5 Å². The lowest BCUT2D eigenvalue weighted by atomic mass is 10.0. The Labute approximate surface area is 181 Å². The highest BCUT2D eigenvalue weighted by Crippen LogP contribution is 2.25. The highest BCUT2D eigenvalue weighted by atomic mass is 32.2. The predicted octanol–water partition coefficient (Wildman–Crippen LogP) is 4.75. The van der Waals surface area contributed by atoms with Gasteiger partial charge in [0.15, 0.2) is 0 Å². The molecule has 1 aromatic heterocycles. The van der Waals surface area contributed by atoms with E-state index in [1.165, 1.54) is 0 Å². The molecule has 1 heterocycles. The van der Waals surface area contributed by atoms with E-state index in [4.69, 9.17) is 4.74 Å². The van der Waals surface area contributed by atoms with Gasteiger partial charge in [-0.25, -0.2) is 8.42 Å². The van der Waals surface area contributed by atoms with Crippen LogP contribution in [0.4, 0.5) is 5.69 Å². The number of hydrogen-bond acceptors (Lipinski definition) is 5. The molecule has 30 heavy (non-hydrogen) atoms. The smallest absolute Gasteiger partial charge is 0.271 e. The summed E-state index contributed by atoms with van der Waals surface area (Å²) in [5.74, 6) is 0.587. The van der Waals surface area contributed by atoms with Gasteiger partial charge in [-0.2, -0.15) is 0 Å². The van der Waals surface area contributed by atoms with Crippen molar-refractivity contribution in [3.05, 3.63) is 76.7 Å². The molecule has 0 unspecified atom stereocenters. The zero-order chi connectivity index (χ0) is 21.7. The lowest BCUT2D eigenvalue weighted by Crippen LogP contribution is -2.28. The van der Waals surface area contributed by atoms with Gasteiger partial charge in [-0.15, -0.1) is 11.3 Å². The van der Waals surface area contributed by atoms with Gasteiger partial charge in [-0.05, 0) is 66.2 Å². The number of hydrogen-bond donors (Lipinski definition) is 2. The Morgan fingerprint density at radius 3 is 2.43 bits per heavy atom. The molecule has 6 nitrogen and oxygen atoms in total. The zero-order valence-electron chi connectivity index (χ0n) is 17.0. The highest BCUT2D eigenvalue weighted by Gasteiger charge is 2.17. The monoisotopic (exact) mass is 444 g/mol. The van der Waals surface area contributed by atoms with Crippen molar-refractivity contribution in [2.24, 2.45) is 0 Å². The summed E-state index contributed by atoms with van der Waals surface area (Å²) in [4.78, 5) is 12.7. The maximum atomic E-state index is 12.7. The van der Waals surface area contributed by atoms with Crippen molar-refractivity contribution in [3.8, 4) is 5.75 Å². The molecule has 3 rings (SSSR count). The molecule has 0 saturated carbocycles. The molecule has 0 aliphatic carbocycles. The van der Waals surface area contributed by atoms with Crippen molar-refractivity contribution < 1.29 is 17.9 Å². The van der Waals surface area contributed by atoms with E-state index in [0.717, 1.165) is 34.6 Å². The first-order valence-corrected chi connectivity index (χ1v) is 11.8. The van der Waals surface area contributed by atoms with Crippen molar-refractivity contribution >= 4 is 33.0 Å². The fraction of sp³-hybridized carbons (Fsp3) is 0.227. The Kier molecular flexibility index (Phi) is 6.79. The Balaban J connectivity index is 1.70. The summed E-state index contributed by atoms with van der Waals surface area (Å²) in [6.07, 6.45) is 0.732. The van der Waals surface area contributed by atoms with Crippen LogP contribution < -0.4 is 14.8 Å². The molecule has 0 aliphatic rings.